The largest absolute Gasteiger partial charge is 0.390 e. The first-order chi connectivity index (χ1) is 14.6. The number of rotatable bonds is 5. The van der Waals surface area contributed by atoms with Gasteiger partial charge in [-0.25, -0.2) is 0 Å². The highest BCUT2D eigenvalue weighted by molar-refractivity contribution is 14.0. The molecule has 0 saturated carbocycles. The number of aliphatic hydroxyl groups is 1. The van der Waals surface area contributed by atoms with Gasteiger partial charge >= 0.3 is 0 Å². The molecule has 8 heteroatoms. The molecule has 4 rings (SSSR count). The smallest absolute Gasteiger partial charge is 0.191 e. The Bertz CT molecular complexity index is 871. The number of anilines is 1. The topological polar surface area (TPSA) is 68.3 Å². The highest BCUT2D eigenvalue weighted by atomic mass is 127. The van der Waals surface area contributed by atoms with Crippen LogP contribution in [0.25, 0.3) is 0 Å². The summed E-state index contributed by atoms with van der Waals surface area (Å²) in [6.07, 6.45) is 0.524. The van der Waals surface area contributed by atoms with Crippen LogP contribution in [0, 0.1) is 0 Å². The highest BCUT2D eigenvalue weighted by Crippen LogP contribution is 2.20. The summed E-state index contributed by atoms with van der Waals surface area (Å²) in [6, 6.07) is 16.5. The van der Waals surface area contributed by atoms with Gasteiger partial charge in [-0.15, -0.1) is 24.0 Å². The summed E-state index contributed by atoms with van der Waals surface area (Å²) >= 11 is 5.98. The van der Waals surface area contributed by atoms with Crippen molar-refractivity contribution in [1.82, 2.24) is 9.80 Å². The third kappa shape index (κ3) is 6.47. The van der Waals surface area contributed by atoms with E-state index in [1.54, 1.807) is 0 Å². The van der Waals surface area contributed by atoms with Crippen molar-refractivity contribution in [2.24, 2.45) is 10.7 Å². The van der Waals surface area contributed by atoms with E-state index in [-0.39, 0.29) is 24.0 Å². The number of aliphatic imine (C=N–C) groups is 1. The first-order valence-electron chi connectivity index (χ1n) is 10.6. The Morgan fingerprint density at radius 3 is 2.39 bits per heavy atom. The molecule has 31 heavy (non-hydrogen) atoms. The highest BCUT2D eigenvalue weighted by Gasteiger charge is 2.20. The van der Waals surface area contributed by atoms with Gasteiger partial charge in [0.1, 0.15) is 0 Å². The number of nitrogens with two attached hydrogens (primary N) is 1. The van der Waals surface area contributed by atoms with Crippen molar-refractivity contribution in [2.45, 2.75) is 19.1 Å². The number of halogens is 2. The summed E-state index contributed by atoms with van der Waals surface area (Å²) in [5.41, 5.74) is 10.2. The van der Waals surface area contributed by atoms with Gasteiger partial charge in [0.15, 0.2) is 5.96 Å². The Morgan fingerprint density at radius 1 is 1.00 bits per heavy atom. The molecule has 1 saturated heterocycles. The Kier molecular flexibility index (Phi) is 8.83. The number of guanidine groups is 1. The second-order valence-corrected chi connectivity index (χ2v) is 8.49. The first kappa shape index (κ1) is 24.1. The molecule has 3 N–H and O–H groups in total. The number of piperazine rings is 1. The summed E-state index contributed by atoms with van der Waals surface area (Å²) in [6.45, 7) is 6.21. The minimum Gasteiger partial charge on any atom is -0.390 e. The average Bonchev–Trinajstić information content (AvgIpc) is 2.78. The van der Waals surface area contributed by atoms with Crippen molar-refractivity contribution in [3.8, 4) is 0 Å². The van der Waals surface area contributed by atoms with Crippen LogP contribution in [0.4, 0.5) is 5.69 Å². The van der Waals surface area contributed by atoms with Gasteiger partial charge in [-0.2, -0.15) is 0 Å². The van der Waals surface area contributed by atoms with Crippen LogP contribution in [0.5, 0.6) is 0 Å². The Morgan fingerprint density at radius 2 is 1.68 bits per heavy atom. The molecule has 0 amide bonds. The van der Waals surface area contributed by atoms with Crippen LogP contribution in [0.2, 0.25) is 5.02 Å². The van der Waals surface area contributed by atoms with Gasteiger partial charge < -0.3 is 20.6 Å². The van der Waals surface area contributed by atoms with E-state index in [0.29, 0.717) is 19.0 Å². The molecule has 2 aromatic carbocycles. The summed E-state index contributed by atoms with van der Waals surface area (Å²) in [4.78, 5) is 11.2. The van der Waals surface area contributed by atoms with Crippen molar-refractivity contribution in [3.63, 3.8) is 0 Å². The fraction of sp³-hybridized carbons (Fsp3) is 0.435. The van der Waals surface area contributed by atoms with E-state index in [1.807, 2.05) is 24.3 Å². The Hall–Kier alpha value is -1.55. The van der Waals surface area contributed by atoms with Crippen LogP contribution in [-0.2, 0) is 13.0 Å². The van der Waals surface area contributed by atoms with Gasteiger partial charge in [0.2, 0.25) is 0 Å². The average molecular weight is 556 g/mol. The third-order valence-electron chi connectivity index (χ3n) is 5.94. The van der Waals surface area contributed by atoms with Crippen LogP contribution in [0.1, 0.15) is 11.1 Å². The predicted octanol–water partition coefficient (Wildman–Crippen LogP) is 2.81. The lowest BCUT2D eigenvalue weighted by Crippen LogP contribution is -2.51. The molecule has 168 valence electrons. The van der Waals surface area contributed by atoms with Crippen molar-refractivity contribution < 1.29 is 5.11 Å². The van der Waals surface area contributed by atoms with Crippen molar-refractivity contribution in [1.29, 1.82) is 0 Å². The monoisotopic (exact) mass is 555 g/mol. The SMILES string of the molecule is I.NC(=NCC(O)CN1CCc2ccccc2C1)N1CCN(c2ccc(Cl)cc2)CC1. The van der Waals surface area contributed by atoms with Crippen LogP contribution in [-0.4, -0.2) is 72.8 Å². The number of hydrogen-bond donors (Lipinski definition) is 2. The summed E-state index contributed by atoms with van der Waals surface area (Å²) in [5, 5.41) is 11.2. The summed E-state index contributed by atoms with van der Waals surface area (Å²) < 4.78 is 0. The van der Waals surface area contributed by atoms with Gasteiger partial charge in [0.05, 0.1) is 12.6 Å². The zero-order valence-corrected chi connectivity index (χ0v) is 20.7. The first-order valence-corrected chi connectivity index (χ1v) is 11.0. The lowest BCUT2D eigenvalue weighted by Gasteiger charge is -2.36. The molecule has 2 aliphatic rings. The minimum absolute atomic E-state index is 0. The van der Waals surface area contributed by atoms with E-state index >= 15 is 0 Å². The van der Waals surface area contributed by atoms with Gasteiger partial charge in [0.25, 0.3) is 0 Å². The third-order valence-corrected chi connectivity index (χ3v) is 6.19. The number of β-amino-alcohol motifs (C(OH)–C–C–N with tert-alkyl or cyclic N) is 1. The van der Waals surface area contributed by atoms with Gasteiger partial charge in [-0.1, -0.05) is 35.9 Å². The lowest BCUT2D eigenvalue weighted by atomic mass is 10.00. The number of hydrogen-bond acceptors (Lipinski definition) is 4. The van der Waals surface area contributed by atoms with E-state index in [9.17, 15) is 5.11 Å². The van der Waals surface area contributed by atoms with Crippen LogP contribution < -0.4 is 10.6 Å². The molecule has 2 heterocycles. The van der Waals surface area contributed by atoms with Crippen molar-refractivity contribution in [2.75, 3.05) is 50.7 Å². The van der Waals surface area contributed by atoms with E-state index in [2.05, 4.69) is 44.0 Å². The molecule has 1 atom stereocenters. The Labute approximate surface area is 206 Å². The molecule has 1 unspecified atom stereocenters. The molecular weight excluding hydrogens is 525 g/mol. The minimum atomic E-state index is -0.510. The molecule has 2 aliphatic heterocycles. The Balaban J connectivity index is 0.00000272. The quantitative estimate of drug-likeness (QED) is 0.337. The molecule has 0 radical (unpaired) electrons. The van der Waals surface area contributed by atoms with Crippen molar-refractivity contribution in [3.05, 3.63) is 64.7 Å². The van der Waals surface area contributed by atoms with Gasteiger partial charge in [-0.05, 0) is 41.8 Å². The number of nitrogens with zero attached hydrogens (tertiary/aromatic N) is 4. The van der Waals surface area contributed by atoms with Crippen LogP contribution >= 0.6 is 35.6 Å². The summed E-state index contributed by atoms with van der Waals surface area (Å²) in [7, 11) is 0. The fourth-order valence-corrected chi connectivity index (χ4v) is 4.34. The second kappa shape index (κ2) is 11.4. The molecule has 0 aromatic heterocycles. The zero-order valence-electron chi connectivity index (χ0n) is 17.7. The molecular formula is C23H31ClIN5O. The van der Waals surface area contributed by atoms with Crippen LogP contribution in [0.15, 0.2) is 53.5 Å². The van der Waals surface area contributed by atoms with Crippen molar-refractivity contribution >= 4 is 47.2 Å². The zero-order chi connectivity index (χ0) is 20.9. The number of aliphatic hydroxyl groups excluding tert-OH is 1. The molecule has 2 aromatic rings. The second-order valence-electron chi connectivity index (χ2n) is 8.06. The van der Waals surface area contributed by atoms with Gasteiger partial charge in [0, 0.05) is 56.5 Å². The maximum Gasteiger partial charge on any atom is 0.191 e. The molecule has 0 aliphatic carbocycles. The van der Waals surface area contributed by atoms with Gasteiger partial charge in [-0.3, -0.25) is 9.89 Å². The maximum absolute atomic E-state index is 10.5. The lowest BCUT2D eigenvalue weighted by molar-refractivity contribution is 0.111. The number of benzene rings is 2. The fourth-order valence-electron chi connectivity index (χ4n) is 4.21. The molecule has 0 spiro atoms. The van der Waals surface area contributed by atoms with E-state index in [0.717, 1.165) is 50.7 Å². The van der Waals surface area contributed by atoms with E-state index in [1.165, 1.54) is 16.8 Å². The standard InChI is InChI=1S/C23H30ClN5O.HI/c24-20-5-7-21(8-6-20)28-11-13-29(14-12-28)23(25)26-15-22(30)17-27-10-9-18-3-1-2-4-19(18)16-27;/h1-8,22,30H,9-17H2,(H2,25,26);1H. The molecule has 6 nitrogen and oxygen atoms in total. The maximum atomic E-state index is 10.5. The molecule has 1 fully saturated rings. The van der Waals surface area contributed by atoms with E-state index < -0.39 is 6.10 Å². The number of fused-ring (bicyclic) bond motifs is 1. The van der Waals surface area contributed by atoms with Crippen LogP contribution in [0.3, 0.4) is 0 Å². The van der Waals surface area contributed by atoms with E-state index in [4.69, 9.17) is 17.3 Å². The predicted molar refractivity (Wildman–Crippen MR) is 139 cm³/mol. The normalized spacial score (nSPS) is 18.3. The molecule has 0 bridgehead atoms. The summed E-state index contributed by atoms with van der Waals surface area (Å²) in [5.74, 6) is 0.522.